The zero-order chi connectivity index (χ0) is 17.1. The predicted molar refractivity (Wildman–Crippen MR) is 89.2 cm³/mol. The van der Waals surface area contributed by atoms with Crippen molar-refractivity contribution in [2.45, 2.75) is 56.9 Å². The minimum atomic E-state index is -0.513. The maximum Gasteiger partial charge on any atom is 0.328 e. The van der Waals surface area contributed by atoms with Crippen molar-refractivity contribution in [1.82, 2.24) is 15.1 Å². The van der Waals surface area contributed by atoms with E-state index in [0.29, 0.717) is 12.3 Å². The van der Waals surface area contributed by atoms with E-state index in [1.807, 2.05) is 19.4 Å². The van der Waals surface area contributed by atoms with Crippen LogP contribution in [0.25, 0.3) is 0 Å². The van der Waals surface area contributed by atoms with Crippen molar-refractivity contribution in [3.05, 3.63) is 18.0 Å². The molecule has 1 heterocycles. The lowest BCUT2D eigenvalue weighted by Crippen LogP contribution is -2.43. The number of ether oxygens (including phenoxy) is 1. The minimum Gasteiger partial charge on any atom is -0.467 e. The molecule has 0 unspecified atom stereocenters. The fraction of sp³-hybridized carbons (Fsp3) is 0.722. The molecule has 132 valence electrons. The summed E-state index contributed by atoms with van der Waals surface area (Å²) in [5.74, 6) is 0.332. The molecule has 0 aliphatic heterocycles. The molecular formula is C18H27N3O3. The van der Waals surface area contributed by atoms with Crippen LogP contribution in [0.1, 0.15) is 56.4 Å². The third-order valence-corrected chi connectivity index (χ3v) is 5.38. The van der Waals surface area contributed by atoms with Gasteiger partial charge in [0.15, 0.2) is 0 Å². The van der Waals surface area contributed by atoms with E-state index in [1.165, 1.54) is 26.4 Å². The maximum absolute atomic E-state index is 12.5. The highest BCUT2D eigenvalue weighted by Gasteiger charge is 2.45. The number of aryl methyl sites for hydroxylation is 1. The van der Waals surface area contributed by atoms with Gasteiger partial charge in [0.2, 0.25) is 5.91 Å². The Bertz CT molecular complexity index is 592. The van der Waals surface area contributed by atoms with Crippen LogP contribution in [0.4, 0.5) is 0 Å². The fourth-order valence-electron chi connectivity index (χ4n) is 3.88. The number of hydrogen-bond donors (Lipinski definition) is 1. The van der Waals surface area contributed by atoms with E-state index >= 15 is 0 Å². The van der Waals surface area contributed by atoms with Crippen molar-refractivity contribution in [1.29, 1.82) is 0 Å². The standard InChI is InChI=1S/C18H27N3O3/c1-21-11-13(10-19-21)14-9-15(14)17(22)20-16(18(23)24-2)8-12-6-4-3-5-7-12/h10-12,14-16H,3-9H2,1-2H3,(H,20,22)/t14-,15+,16-/m0/s1. The van der Waals surface area contributed by atoms with Gasteiger partial charge < -0.3 is 10.1 Å². The van der Waals surface area contributed by atoms with E-state index in [2.05, 4.69) is 10.4 Å². The first-order chi connectivity index (χ1) is 11.6. The average Bonchev–Trinajstić information content (AvgIpc) is 3.29. The summed E-state index contributed by atoms with van der Waals surface area (Å²) >= 11 is 0. The first kappa shape index (κ1) is 17.0. The fourth-order valence-corrected chi connectivity index (χ4v) is 3.88. The highest BCUT2D eigenvalue weighted by atomic mass is 16.5. The van der Waals surface area contributed by atoms with Crippen molar-refractivity contribution < 1.29 is 14.3 Å². The molecule has 1 aromatic heterocycles. The third-order valence-electron chi connectivity index (χ3n) is 5.38. The Labute approximate surface area is 142 Å². The van der Waals surface area contributed by atoms with Crippen molar-refractivity contribution in [2.75, 3.05) is 7.11 Å². The van der Waals surface area contributed by atoms with Crippen LogP contribution in [0.2, 0.25) is 0 Å². The molecule has 3 rings (SSSR count). The van der Waals surface area contributed by atoms with E-state index in [-0.39, 0.29) is 23.7 Å². The Morgan fingerprint density at radius 2 is 2.12 bits per heavy atom. The number of esters is 1. The first-order valence-electron chi connectivity index (χ1n) is 8.95. The number of carbonyl (C=O) groups excluding carboxylic acids is 2. The number of nitrogens with zero attached hydrogens (tertiary/aromatic N) is 2. The number of nitrogens with one attached hydrogen (secondary N) is 1. The molecule has 6 nitrogen and oxygen atoms in total. The lowest BCUT2D eigenvalue weighted by Gasteiger charge is -2.25. The molecule has 2 fully saturated rings. The van der Waals surface area contributed by atoms with Gasteiger partial charge in [-0.25, -0.2) is 4.79 Å². The van der Waals surface area contributed by atoms with Gasteiger partial charge in [-0.1, -0.05) is 32.1 Å². The molecule has 2 aliphatic rings. The monoisotopic (exact) mass is 333 g/mol. The summed E-state index contributed by atoms with van der Waals surface area (Å²) < 4.78 is 6.66. The number of rotatable bonds is 6. The topological polar surface area (TPSA) is 73.2 Å². The van der Waals surface area contributed by atoms with Gasteiger partial charge in [-0.3, -0.25) is 9.48 Å². The summed E-state index contributed by atoms with van der Waals surface area (Å²) in [4.78, 5) is 24.6. The van der Waals surface area contributed by atoms with Crippen molar-refractivity contribution in [3.8, 4) is 0 Å². The summed E-state index contributed by atoms with van der Waals surface area (Å²) in [5.41, 5.74) is 1.10. The summed E-state index contributed by atoms with van der Waals surface area (Å²) in [7, 11) is 3.26. The molecule has 3 atom stereocenters. The van der Waals surface area contributed by atoms with Gasteiger partial charge in [-0.2, -0.15) is 5.10 Å². The van der Waals surface area contributed by atoms with Gasteiger partial charge in [0, 0.05) is 19.2 Å². The second-order valence-corrected chi connectivity index (χ2v) is 7.22. The first-order valence-corrected chi connectivity index (χ1v) is 8.95. The molecule has 1 amide bonds. The highest BCUT2D eigenvalue weighted by Crippen LogP contribution is 2.47. The van der Waals surface area contributed by atoms with E-state index in [0.717, 1.165) is 24.8 Å². The molecular weight excluding hydrogens is 306 g/mol. The van der Waals surface area contributed by atoms with Crippen LogP contribution in [0.15, 0.2) is 12.4 Å². The van der Waals surface area contributed by atoms with Crippen LogP contribution in [0.5, 0.6) is 0 Å². The third kappa shape index (κ3) is 3.97. The molecule has 0 saturated heterocycles. The van der Waals surface area contributed by atoms with Crippen LogP contribution in [-0.4, -0.2) is 34.8 Å². The quantitative estimate of drug-likeness (QED) is 0.810. The molecule has 0 bridgehead atoms. The molecule has 0 aromatic carbocycles. The van der Waals surface area contributed by atoms with Crippen molar-refractivity contribution >= 4 is 11.9 Å². The van der Waals surface area contributed by atoms with Gasteiger partial charge in [0.1, 0.15) is 6.04 Å². The summed E-state index contributed by atoms with van der Waals surface area (Å²) in [6.45, 7) is 0. The summed E-state index contributed by atoms with van der Waals surface area (Å²) in [6, 6.07) is -0.513. The lowest BCUT2D eigenvalue weighted by molar-refractivity contribution is -0.145. The van der Waals surface area contributed by atoms with Gasteiger partial charge in [0.25, 0.3) is 0 Å². The molecule has 1 N–H and O–H groups in total. The van der Waals surface area contributed by atoms with Crippen molar-refractivity contribution in [2.24, 2.45) is 18.9 Å². The number of hydrogen-bond acceptors (Lipinski definition) is 4. The van der Waals surface area contributed by atoms with Gasteiger partial charge >= 0.3 is 5.97 Å². The second-order valence-electron chi connectivity index (χ2n) is 7.22. The summed E-state index contributed by atoms with van der Waals surface area (Å²) in [5, 5.41) is 7.11. The molecule has 2 aliphatic carbocycles. The molecule has 24 heavy (non-hydrogen) atoms. The Morgan fingerprint density at radius 3 is 2.75 bits per heavy atom. The normalized spacial score (nSPS) is 25.1. The van der Waals surface area contributed by atoms with Gasteiger partial charge in [-0.05, 0) is 30.2 Å². The maximum atomic E-state index is 12.5. The van der Waals surface area contributed by atoms with Crippen LogP contribution in [0.3, 0.4) is 0 Å². The number of methoxy groups -OCH3 is 1. The van der Waals surface area contributed by atoms with Crippen LogP contribution in [0, 0.1) is 11.8 Å². The highest BCUT2D eigenvalue weighted by molar-refractivity contribution is 5.88. The van der Waals surface area contributed by atoms with E-state index in [1.54, 1.807) is 4.68 Å². The second kappa shape index (κ2) is 7.36. The average molecular weight is 333 g/mol. The zero-order valence-corrected chi connectivity index (χ0v) is 14.5. The smallest absolute Gasteiger partial charge is 0.328 e. The zero-order valence-electron chi connectivity index (χ0n) is 14.5. The largest absolute Gasteiger partial charge is 0.467 e. The lowest BCUT2D eigenvalue weighted by atomic mass is 9.85. The van der Waals surface area contributed by atoms with E-state index in [4.69, 9.17) is 4.74 Å². The summed E-state index contributed by atoms with van der Waals surface area (Å²) in [6.07, 6.45) is 11.3. The van der Waals surface area contributed by atoms with Crippen molar-refractivity contribution in [3.63, 3.8) is 0 Å². The molecule has 2 saturated carbocycles. The number of aromatic nitrogens is 2. The Kier molecular flexibility index (Phi) is 5.21. The minimum absolute atomic E-state index is 0.0323. The molecule has 0 spiro atoms. The number of carbonyl (C=O) groups is 2. The van der Waals surface area contributed by atoms with Crippen LogP contribution >= 0.6 is 0 Å². The Morgan fingerprint density at radius 1 is 1.38 bits per heavy atom. The van der Waals surface area contributed by atoms with Gasteiger partial charge in [0.05, 0.1) is 13.3 Å². The SMILES string of the molecule is COC(=O)[C@H](CC1CCCCC1)NC(=O)[C@@H]1C[C@H]1c1cnn(C)c1. The van der Waals surface area contributed by atoms with Gasteiger partial charge in [-0.15, -0.1) is 0 Å². The van der Waals surface area contributed by atoms with E-state index in [9.17, 15) is 9.59 Å². The van der Waals surface area contributed by atoms with Crippen LogP contribution < -0.4 is 5.32 Å². The Hall–Kier alpha value is -1.85. The molecule has 1 aromatic rings. The van der Waals surface area contributed by atoms with E-state index < -0.39 is 6.04 Å². The predicted octanol–water partition coefficient (Wildman–Crippen LogP) is 2.15. The number of amides is 1. The van der Waals surface area contributed by atoms with Crippen LogP contribution in [-0.2, 0) is 21.4 Å². The Balaban J connectivity index is 1.56. The molecule has 0 radical (unpaired) electrons. The molecule has 6 heteroatoms.